The molecule has 2 N–H and O–H groups in total. The van der Waals surface area contributed by atoms with Gasteiger partial charge < -0.3 is 24.8 Å². The molecule has 2 atom stereocenters. The van der Waals surface area contributed by atoms with Crippen molar-refractivity contribution in [2.75, 3.05) is 44.4 Å². The van der Waals surface area contributed by atoms with Gasteiger partial charge in [-0.1, -0.05) is 19.9 Å². The zero-order valence-electron chi connectivity index (χ0n) is 16.0. The summed E-state index contributed by atoms with van der Waals surface area (Å²) < 4.78 is 24.9. The van der Waals surface area contributed by atoms with Crippen molar-refractivity contribution in [1.82, 2.24) is 5.32 Å². The Kier molecular flexibility index (Phi) is 7.94. The summed E-state index contributed by atoms with van der Waals surface area (Å²) >= 11 is 0. The number of carbonyl (C=O) groups excluding carboxylic acids is 1. The molecule has 0 bridgehead atoms. The number of alkyl carbamates (subject to hydrolysis) is 1. The van der Waals surface area contributed by atoms with E-state index in [1.807, 2.05) is 18.7 Å². The summed E-state index contributed by atoms with van der Waals surface area (Å²) in [7, 11) is 0. The first kappa shape index (κ1) is 21.8. The van der Waals surface area contributed by atoms with Gasteiger partial charge in [0.05, 0.1) is 31.5 Å². The summed E-state index contributed by atoms with van der Waals surface area (Å²) in [5.41, 5.74) is 0.585. The molecule has 10 heteroatoms. The fraction of sp³-hybridized carbons (Fsp3) is 0.611. The van der Waals surface area contributed by atoms with E-state index in [1.54, 1.807) is 0 Å². The van der Waals surface area contributed by atoms with E-state index in [1.165, 1.54) is 18.2 Å². The monoisotopic (exact) mass is 399 g/mol. The number of ether oxygens (including phenoxy) is 2. The quantitative estimate of drug-likeness (QED) is 0.505. The first-order valence-electron chi connectivity index (χ1n) is 9.13. The number of amides is 1. The third-order valence-electron chi connectivity index (χ3n) is 4.22. The molecule has 1 aliphatic heterocycles. The Hall–Kier alpha value is -2.46. The van der Waals surface area contributed by atoms with Crippen LogP contribution >= 0.6 is 0 Å². The maximum Gasteiger partial charge on any atom is 0.407 e. The number of nitrogens with one attached hydrogen (secondary N) is 1. The van der Waals surface area contributed by atoms with Crippen molar-refractivity contribution in [1.29, 1.82) is 0 Å². The Morgan fingerprint density at radius 3 is 2.68 bits per heavy atom. The van der Waals surface area contributed by atoms with E-state index in [4.69, 9.17) is 9.47 Å². The van der Waals surface area contributed by atoms with E-state index < -0.39 is 35.5 Å². The van der Waals surface area contributed by atoms with Gasteiger partial charge in [-0.05, 0) is 23.6 Å². The van der Waals surface area contributed by atoms with Crippen LogP contribution in [0, 0.1) is 21.8 Å². The number of nitro groups is 1. The standard InChI is InChI=1S/C18H26FN3O6/c1-12(2)11-28-18(24)20-17(16(23)10-22(25)26)13-3-4-15(14(19)9-13)21-5-7-27-8-6-21/h3-4,9,12,16-17,23H,5-8,10-11H2,1-2H3,(H,20,24). The lowest BCUT2D eigenvalue weighted by Crippen LogP contribution is -2.40. The van der Waals surface area contributed by atoms with Crippen LogP contribution < -0.4 is 10.2 Å². The van der Waals surface area contributed by atoms with Crippen molar-refractivity contribution >= 4 is 11.8 Å². The summed E-state index contributed by atoms with van der Waals surface area (Å²) in [4.78, 5) is 23.9. The van der Waals surface area contributed by atoms with Gasteiger partial charge in [-0.25, -0.2) is 9.18 Å². The smallest absolute Gasteiger partial charge is 0.407 e. The van der Waals surface area contributed by atoms with Crippen molar-refractivity contribution < 1.29 is 28.7 Å². The number of rotatable bonds is 8. The van der Waals surface area contributed by atoms with Gasteiger partial charge in [0.2, 0.25) is 6.54 Å². The summed E-state index contributed by atoms with van der Waals surface area (Å²) in [6.07, 6.45) is -2.38. The number of anilines is 1. The minimum absolute atomic E-state index is 0.0955. The summed E-state index contributed by atoms with van der Waals surface area (Å²) in [6, 6.07) is 3.05. The molecule has 1 aromatic carbocycles. The van der Waals surface area contributed by atoms with Crippen molar-refractivity contribution in [2.24, 2.45) is 5.92 Å². The molecule has 156 valence electrons. The molecule has 2 unspecified atom stereocenters. The van der Waals surface area contributed by atoms with E-state index in [9.17, 15) is 24.4 Å². The summed E-state index contributed by atoms with van der Waals surface area (Å²) in [6.45, 7) is 5.13. The lowest BCUT2D eigenvalue weighted by Gasteiger charge is -2.30. The average Bonchev–Trinajstić information content (AvgIpc) is 2.64. The minimum Gasteiger partial charge on any atom is -0.449 e. The van der Waals surface area contributed by atoms with Crippen LogP contribution in [0.25, 0.3) is 0 Å². The Bertz CT molecular complexity index is 681. The zero-order chi connectivity index (χ0) is 20.7. The van der Waals surface area contributed by atoms with E-state index in [2.05, 4.69) is 5.32 Å². The first-order valence-corrected chi connectivity index (χ1v) is 9.13. The predicted molar refractivity (Wildman–Crippen MR) is 99.4 cm³/mol. The third-order valence-corrected chi connectivity index (χ3v) is 4.22. The highest BCUT2D eigenvalue weighted by Crippen LogP contribution is 2.26. The maximum atomic E-state index is 14.7. The average molecular weight is 399 g/mol. The number of nitrogens with zero attached hydrogens (tertiary/aromatic N) is 2. The second-order valence-corrected chi connectivity index (χ2v) is 7.01. The summed E-state index contributed by atoms with van der Waals surface area (Å²) in [5.74, 6) is -0.451. The van der Waals surface area contributed by atoms with E-state index in [0.717, 1.165) is 0 Å². The molecule has 1 saturated heterocycles. The van der Waals surface area contributed by atoms with Gasteiger partial charge in [-0.2, -0.15) is 0 Å². The topological polar surface area (TPSA) is 114 Å². The van der Waals surface area contributed by atoms with Crippen LogP contribution in [0.3, 0.4) is 0 Å². The van der Waals surface area contributed by atoms with Crippen molar-refractivity contribution in [2.45, 2.75) is 26.0 Å². The molecule has 9 nitrogen and oxygen atoms in total. The largest absolute Gasteiger partial charge is 0.449 e. The van der Waals surface area contributed by atoms with E-state index in [-0.39, 0.29) is 18.1 Å². The van der Waals surface area contributed by atoms with Gasteiger partial charge in [0.1, 0.15) is 11.9 Å². The molecule has 28 heavy (non-hydrogen) atoms. The molecule has 1 fully saturated rings. The van der Waals surface area contributed by atoms with Crippen LogP contribution in [-0.4, -0.2) is 61.7 Å². The number of hydrogen-bond donors (Lipinski definition) is 2. The van der Waals surface area contributed by atoms with Crippen LogP contribution in [0.2, 0.25) is 0 Å². The predicted octanol–water partition coefficient (Wildman–Crippen LogP) is 1.72. The first-order chi connectivity index (χ1) is 13.3. The molecule has 0 aliphatic carbocycles. The van der Waals surface area contributed by atoms with Gasteiger partial charge in [-0.3, -0.25) is 10.1 Å². The molecule has 0 aromatic heterocycles. The molecule has 1 aromatic rings. The Balaban J connectivity index is 2.19. The number of aliphatic hydroxyl groups is 1. The molecule has 0 saturated carbocycles. The van der Waals surface area contributed by atoms with Gasteiger partial charge in [0, 0.05) is 18.0 Å². The van der Waals surface area contributed by atoms with Crippen molar-refractivity contribution in [3.63, 3.8) is 0 Å². The van der Waals surface area contributed by atoms with Crippen LogP contribution in [0.5, 0.6) is 0 Å². The molecule has 1 amide bonds. The molecule has 1 aliphatic rings. The maximum absolute atomic E-state index is 14.7. The molecule has 2 rings (SSSR count). The molecular weight excluding hydrogens is 373 g/mol. The van der Waals surface area contributed by atoms with Crippen LogP contribution in [0.1, 0.15) is 25.5 Å². The molecular formula is C18H26FN3O6. The molecule has 0 spiro atoms. The van der Waals surface area contributed by atoms with Gasteiger partial charge in [-0.15, -0.1) is 0 Å². The van der Waals surface area contributed by atoms with Crippen LogP contribution in [-0.2, 0) is 9.47 Å². The number of halogens is 1. The van der Waals surface area contributed by atoms with Crippen LogP contribution in [0.15, 0.2) is 18.2 Å². The van der Waals surface area contributed by atoms with Gasteiger partial charge in [0.15, 0.2) is 0 Å². The second-order valence-electron chi connectivity index (χ2n) is 7.01. The second kappa shape index (κ2) is 10.2. The van der Waals surface area contributed by atoms with Crippen molar-refractivity contribution in [3.8, 4) is 0 Å². The van der Waals surface area contributed by atoms with Crippen molar-refractivity contribution in [3.05, 3.63) is 39.7 Å². The Labute approximate surface area is 162 Å². The number of aliphatic hydroxyl groups excluding tert-OH is 1. The number of benzene rings is 1. The van der Waals surface area contributed by atoms with Crippen LogP contribution in [0.4, 0.5) is 14.9 Å². The Morgan fingerprint density at radius 1 is 1.43 bits per heavy atom. The Morgan fingerprint density at radius 2 is 2.11 bits per heavy atom. The minimum atomic E-state index is -1.55. The SMILES string of the molecule is CC(C)COC(=O)NC(c1ccc(N2CCOCC2)c(F)c1)C(O)C[N+](=O)[O-]. The summed E-state index contributed by atoms with van der Waals surface area (Å²) in [5, 5.41) is 23.4. The van der Waals surface area contributed by atoms with E-state index in [0.29, 0.717) is 32.0 Å². The third kappa shape index (κ3) is 6.31. The highest BCUT2D eigenvalue weighted by molar-refractivity contribution is 5.68. The number of hydrogen-bond acceptors (Lipinski definition) is 7. The zero-order valence-corrected chi connectivity index (χ0v) is 16.0. The van der Waals surface area contributed by atoms with Gasteiger partial charge >= 0.3 is 6.09 Å². The normalized spacial score (nSPS) is 16.5. The molecule has 1 heterocycles. The fourth-order valence-corrected chi connectivity index (χ4v) is 2.85. The fourth-order valence-electron chi connectivity index (χ4n) is 2.85. The molecule has 0 radical (unpaired) electrons. The number of morpholine rings is 1. The van der Waals surface area contributed by atoms with Gasteiger partial charge in [0.25, 0.3) is 0 Å². The van der Waals surface area contributed by atoms with E-state index >= 15 is 0 Å². The highest BCUT2D eigenvalue weighted by atomic mass is 19.1. The number of carbonyl (C=O) groups is 1. The lowest BCUT2D eigenvalue weighted by molar-refractivity contribution is -0.491. The lowest BCUT2D eigenvalue weighted by atomic mass is 10.0. The highest BCUT2D eigenvalue weighted by Gasteiger charge is 2.29.